The molecule has 3 aromatic rings. The minimum atomic E-state index is 0. The van der Waals surface area contributed by atoms with Crippen molar-refractivity contribution in [2.24, 2.45) is 7.05 Å². The van der Waals surface area contributed by atoms with Gasteiger partial charge in [-0.1, -0.05) is 12.1 Å². The fraction of sp³-hybridized carbons (Fsp3) is 0.176. The van der Waals surface area contributed by atoms with Crippen LogP contribution in [0, 0.1) is 0 Å². The maximum Gasteiger partial charge on any atom is 0.231 e. The molecule has 0 saturated carbocycles. The van der Waals surface area contributed by atoms with E-state index in [0.717, 1.165) is 22.8 Å². The molecule has 1 heterocycles. The summed E-state index contributed by atoms with van der Waals surface area (Å²) in [5.41, 5.74) is 1.79. The van der Waals surface area contributed by atoms with Crippen LogP contribution in [0.25, 0.3) is 11.4 Å². The highest BCUT2D eigenvalue weighted by Crippen LogP contribution is 2.31. The van der Waals surface area contributed by atoms with Crippen molar-refractivity contribution in [3.05, 3.63) is 48.5 Å². The molecule has 1 aromatic heterocycles. The first kappa shape index (κ1) is 17.6. The van der Waals surface area contributed by atoms with Crippen LogP contribution in [0.3, 0.4) is 0 Å². The van der Waals surface area contributed by atoms with Crippen LogP contribution in [0.1, 0.15) is 0 Å². The molecule has 0 amide bonds. The maximum absolute atomic E-state index is 9.41. The Morgan fingerprint density at radius 2 is 1.71 bits per heavy atom. The molecular weight excluding hydrogens is 328 g/mol. The quantitative estimate of drug-likeness (QED) is 0.784. The molecule has 0 saturated heterocycles. The zero-order chi connectivity index (χ0) is 16.4. The van der Waals surface area contributed by atoms with E-state index in [-0.39, 0.29) is 18.2 Å². The number of para-hydroxylation sites is 1. The summed E-state index contributed by atoms with van der Waals surface area (Å²) in [5.74, 6) is 2.40. The predicted molar refractivity (Wildman–Crippen MR) is 96.4 cm³/mol. The summed E-state index contributed by atoms with van der Waals surface area (Å²) in [6, 6.07) is 14.6. The molecule has 0 radical (unpaired) electrons. The van der Waals surface area contributed by atoms with Crippen LogP contribution in [-0.2, 0) is 7.05 Å². The molecule has 0 atom stereocenters. The number of aromatic hydroxyl groups is 1. The lowest BCUT2D eigenvalue weighted by molar-refractivity contribution is 0.416. The minimum absolute atomic E-state index is 0. The van der Waals surface area contributed by atoms with Gasteiger partial charge in [0, 0.05) is 19.8 Å². The Morgan fingerprint density at radius 1 is 1.04 bits per heavy atom. The average molecular weight is 347 g/mol. The fourth-order valence-corrected chi connectivity index (χ4v) is 2.47. The van der Waals surface area contributed by atoms with E-state index in [9.17, 15) is 5.11 Å². The molecule has 6 nitrogen and oxygen atoms in total. The highest BCUT2D eigenvalue weighted by atomic mass is 35.5. The van der Waals surface area contributed by atoms with E-state index in [1.54, 1.807) is 19.2 Å². The van der Waals surface area contributed by atoms with Crippen LogP contribution in [-0.4, -0.2) is 34.0 Å². The van der Waals surface area contributed by atoms with Gasteiger partial charge in [0.05, 0.1) is 12.7 Å². The molecule has 7 heteroatoms. The molecule has 1 N–H and O–H groups in total. The number of phenolic OH excluding ortho intramolecular Hbond substituents is 1. The molecule has 0 fully saturated rings. The number of aromatic nitrogens is 3. The number of methoxy groups -OCH3 is 1. The second-order valence-electron chi connectivity index (χ2n) is 5.16. The van der Waals surface area contributed by atoms with Gasteiger partial charge in [0.1, 0.15) is 11.5 Å². The maximum atomic E-state index is 9.41. The Balaban J connectivity index is 0.00000208. The van der Waals surface area contributed by atoms with Gasteiger partial charge < -0.3 is 14.7 Å². The summed E-state index contributed by atoms with van der Waals surface area (Å²) in [4.78, 5) is 1.91. The Bertz CT molecular complexity index is 818. The summed E-state index contributed by atoms with van der Waals surface area (Å²) in [5, 5.41) is 18.0. The van der Waals surface area contributed by atoms with Gasteiger partial charge in [-0.15, -0.1) is 22.6 Å². The van der Waals surface area contributed by atoms with E-state index in [1.165, 1.54) is 0 Å². The Labute approximate surface area is 146 Å². The molecule has 0 aliphatic rings. The Morgan fingerprint density at radius 3 is 2.38 bits per heavy atom. The topological polar surface area (TPSA) is 63.4 Å². The van der Waals surface area contributed by atoms with Gasteiger partial charge in [-0.3, -0.25) is 4.57 Å². The van der Waals surface area contributed by atoms with Crippen LogP contribution in [0.5, 0.6) is 11.5 Å². The molecule has 126 valence electrons. The highest BCUT2D eigenvalue weighted by Gasteiger charge is 2.17. The van der Waals surface area contributed by atoms with Crippen molar-refractivity contribution in [3.63, 3.8) is 0 Å². The summed E-state index contributed by atoms with van der Waals surface area (Å²) in [6.45, 7) is 0. The standard InChI is InChI=1S/C17H18N4O2.ClH/c1-20(12-8-10-13(22)11-9-12)17-19-18-16(21(17)2)14-6-4-5-7-15(14)23-3;/h4-11,22H,1-3H3;1H. The third-order valence-electron chi connectivity index (χ3n) is 3.74. The second-order valence-corrected chi connectivity index (χ2v) is 5.16. The largest absolute Gasteiger partial charge is 0.508 e. The minimum Gasteiger partial charge on any atom is -0.508 e. The van der Waals surface area contributed by atoms with E-state index >= 15 is 0 Å². The van der Waals surface area contributed by atoms with Crippen molar-refractivity contribution in [2.45, 2.75) is 0 Å². The predicted octanol–water partition coefficient (Wildman–Crippen LogP) is 3.39. The number of rotatable bonds is 4. The van der Waals surface area contributed by atoms with E-state index in [2.05, 4.69) is 10.2 Å². The highest BCUT2D eigenvalue weighted by molar-refractivity contribution is 5.85. The van der Waals surface area contributed by atoms with Gasteiger partial charge in [-0.05, 0) is 36.4 Å². The molecule has 2 aromatic carbocycles. The molecule has 3 rings (SSSR count). The number of halogens is 1. The van der Waals surface area contributed by atoms with Gasteiger partial charge in [0.25, 0.3) is 0 Å². The third-order valence-corrected chi connectivity index (χ3v) is 3.74. The van der Waals surface area contributed by atoms with Crippen molar-refractivity contribution in [1.82, 2.24) is 14.8 Å². The number of anilines is 2. The first-order valence-corrected chi connectivity index (χ1v) is 7.17. The number of nitrogens with zero attached hydrogens (tertiary/aromatic N) is 4. The van der Waals surface area contributed by atoms with E-state index in [4.69, 9.17) is 4.74 Å². The van der Waals surface area contributed by atoms with Crippen molar-refractivity contribution >= 4 is 24.0 Å². The van der Waals surface area contributed by atoms with Crippen LogP contribution in [0.15, 0.2) is 48.5 Å². The van der Waals surface area contributed by atoms with E-state index in [1.807, 2.05) is 60.0 Å². The van der Waals surface area contributed by atoms with Crippen LogP contribution in [0.4, 0.5) is 11.6 Å². The van der Waals surface area contributed by atoms with E-state index < -0.39 is 0 Å². The zero-order valence-electron chi connectivity index (χ0n) is 13.7. The Kier molecular flexibility index (Phi) is 5.31. The second kappa shape index (κ2) is 7.23. The molecule has 0 unspecified atom stereocenters. The lowest BCUT2D eigenvalue weighted by Crippen LogP contribution is -2.14. The van der Waals surface area contributed by atoms with Crippen molar-refractivity contribution < 1.29 is 9.84 Å². The number of phenols is 1. The number of ether oxygens (including phenoxy) is 1. The number of benzene rings is 2. The fourth-order valence-electron chi connectivity index (χ4n) is 2.47. The summed E-state index contributed by atoms with van der Waals surface area (Å²) in [6.07, 6.45) is 0. The van der Waals surface area contributed by atoms with E-state index in [0.29, 0.717) is 5.95 Å². The average Bonchev–Trinajstić information content (AvgIpc) is 2.96. The van der Waals surface area contributed by atoms with Gasteiger partial charge in [0.15, 0.2) is 5.82 Å². The number of hydrogen-bond acceptors (Lipinski definition) is 5. The number of hydrogen-bond donors (Lipinski definition) is 1. The van der Waals surface area contributed by atoms with Crippen LogP contribution in [0.2, 0.25) is 0 Å². The summed E-state index contributed by atoms with van der Waals surface area (Å²) >= 11 is 0. The lowest BCUT2D eigenvalue weighted by atomic mass is 10.2. The van der Waals surface area contributed by atoms with Crippen LogP contribution < -0.4 is 9.64 Å². The normalized spacial score (nSPS) is 10.1. The molecule has 0 aliphatic carbocycles. The van der Waals surface area contributed by atoms with Gasteiger partial charge in [-0.2, -0.15) is 0 Å². The summed E-state index contributed by atoms with van der Waals surface area (Å²) in [7, 11) is 5.45. The monoisotopic (exact) mass is 346 g/mol. The molecule has 0 spiro atoms. The molecule has 24 heavy (non-hydrogen) atoms. The van der Waals surface area contributed by atoms with Gasteiger partial charge in [0.2, 0.25) is 5.95 Å². The first-order valence-electron chi connectivity index (χ1n) is 7.17. The zero-order valence-corrected chi connectivity index (χ0v) is 14.5. The Hall–Kier alpha value is -2.73. The van der Waals surface area contributed by atoms with Crippen molar-refractivity contribution in [3.8, 4) is 22.9 Å². The molecular formula is C17H19ClN4O2. The molecule has 0 bridgehead atoms. The van der Waals surface area contributed by atoms with Gasteiger partial charge in [-0.25, -0.2) is 0 Å². The van der Waals surface area contributed by atoms with Crippen LogP contribution >= 0.6 is 12.4 Å². The smallest absolute Gasteiger partial charge is 0.231 e. The lowest BCUT2D eigenvalue weighted by Gasteiger charge is -2.18. The summed E-state index contributed by atoms with van der Waals surface area (Å²) < 4.78 is 7.31. The third kappa shape index (κ3) is 3.14. The SMILES string of the molecule is COc1ccccc1-c1nnc(N(C)c2ccc(O)cc2)n1C.Cl. The molecule has 0 aliphatic heterocycles. The van der Waals surface area contributed by atoms with Crippen molar-refractivity contribution in [1.29, 1.82) is 0 Å². The first-order chi connectivity index (χ1) is 11.1. The van der Waals surface area contributed by atoms with Crippen molar-refractivity contribution in [2.75, 3.05) is 19.1 Å². The van der Waals surface area contributed by atoms with Gasteiger partial charge >= 0.3 is 0 Å².